The lowest BCUT2D eigenvalue weighted by Gasteiger charge is -1.96. The molecule has 0 heterocycles. The zero-order valence-corrected chi connectivity index (χ0v) is 8.42. The number of urea groups is 1. The summed E-state index contributed by atoms with van der Waals surface area (Å²) >= 11 is 5.68. The van der Waals surface area contributed by atoms with Gasteiger partial charge in [0.15, 0.2) is 5.69 Å². The molecule has 1 aromatic rings. The Morgan fingerprint density at radius 1 is 1.36 bits per heavy atom. The highest BCUT2D eigenvalue weighted by molar-refractivity contribution is 7.59. The van der Waals surface area contributed by atoms with E-state index >= 15 is 0 Å². The van der Waals surface area contributed by atoms with E-state index in [-0.39, 0.29) is 10.7 Å². The fourth-order valence-corrected chi connectivity index (χ4v) is 1.63. The summed E-state index contributed by atoms with van der Waals surface area (Å²) in [6.07, 6.45) is 0. The Labute approximate surface area is 86.4 Å². The van der Waals surface area contributed by atoms with Crippen molar-refractivity contribution in [2.24, 2.45) is 5.73 Å². The summed E-state index contributed by atoms with van der Waals surface area (Å²) in [6.45, 7) is 0. The first-order valence-electron chi connectivity index (χ1n) is 3.47. The van der Waals surface area contributed by atoms with Gasteiger partial charge < -0.3 is 0 Å². The van der Waals surface area contributed by atoms with Crippen LogP contribution in [0.25, 0.3) is 0 Å². The Bertz CT molecular complexity index is 501. The van der Waals surface area contributed by atoms with Gasteiger partial charge in [-0.1, -0.05) is 23.7 Å². The minimum atomic E-state index is -2.77. The van der Waals surface area contributed by atoms with E-state index < -0.39 is 16.5 Å². The maximum absolute atomic E-state index is 10.8. The Morgan fingerprint density at radius 2 is 1.93 bits per heavy atom. The average molecular weight is 234 g/mol. The molecule has 74 valence electrons. The molecule has 0 aliphatic carbocycles. The number of nitrogens with two attached hydrogens (primary N) is 1. The summed E-state index contributed by atoms with van der Waals surface area (Å²) < 4.78 is 21.7. The van der Waals surface area contributed by atoms with Crippen LogP contribution in [0.5, 0.6) is 0 Å². The van der Waals surface area contributed by atoms with Crippen molar-refractivity contribution in [2.75, 3.05) is 0 Å². The van der Waals surface area contributed by atoms with E-state index in [2.05, 4.69) is 0 Å². The van der Waals surface area contributed by atoms with Gasteiger partial charge in [0.2, 0.25) is 0 Å². The van der Waals surface area contributed by atoms with Gasteiger partial charge in [0.05, 0.1) is 5.02 Å². The zero-order chi connectivity index (χ0) is 10.7. The average Bonchev–Trinajstić information content (AvgIpc) is 2.07. The molecule has 2 amide bonds. The van der Waals surface area contributed by atoms with Gasteiger partial charge in [-0.3, -0.25) is 0 Å². The van der Waals surface area contributed by atoms with E-state index in [1.165, 1.54) is 12.1 Å². The molecule has 2 N–H and O–H groups in total. The van der Waals surface area contributed by atoms with Crippen LogP contribution in [0.3, 0.4) is 0 Å². The Hall–Kier alpha value is -1.40. The summed E-state index contributed by atoms with van der Waals surface area (Å²) in [7, 11) is -2.77. The molecule has 0 bridgehead atoms. The number of rotatable bonds is 1. The molecule has 0 atom stereocenters. The van der Waals surface area contributed by atoms with Crippen molar-refractivity contribution in [3.8, 4) is 0 Å². The van der Waals surface area contributed by atoms with Crippen LogP contribution in [0.15, 0.2) is 24.3 Å². The van der Waals surface area contributed by atoms with E-state index in [0.717, 1.165) is 0 Å². The number of primary amides is 1. The molecule has 1 rings (SSSR count). The highest BCUT2D eigenvalue weighted by atomic mass is 35.5. The fourth-order valence-electron chi connectivity index (χ4n) is 0.889. The third kappa shape index (κ3) is 2.09. The number of carbonyl (C=O) groups is 1. The van der Waals surface area contributed by atoms with Crippen molar-refractivity contribution in [3.05, 3.63) is 29.3 Å². The lowest BCUT2D eigenvalue weighted by Crippen LogP contribution is -2.22. The molecule has 0 unspecified atom stereocenters. The van der Waals surface area contributed by atoms with Crippen LogP contribution in [-0.2, 0) is 10.5 Å². The van der Waals surface area contributed by atoms with Gasteiger partial charge in [-0.05, 0) is 16.1 Å². The minimum absolute atomic E-state index is 0.0370. The van der Waals surface area contributed by atoms with Gasteiger partial charge in [0, 0.05) is 0 Å². The molecule has 0 aliphatic rings. The molecule has 0 radical (unpaired) electrons. The second-order valence-corrected chi connectivity index (χ2v) is 3.51. The van der Waals surface area contributed by atoms with Crippen LogP contribution in [0.4, 0.5) is 10.5 Å². The van der Waals surface area contributed by atoms with Gasteiger partial charge >= 0.3 is 16.5 Å². The summed E-state index contributed by atoms with van der Waals surface area (Å²) in [5.74, 6) is 0. The Kier molecular flexibility index (Phi) is 3.21. The van der Waals surface area contributed by atoms with Crippen molar-refractivity contribution in [1.82, 2.24) is 0 Å². The molecule has 0 aliphatic heterocycles. The number of carbonyl (C=O) groups excluding carboxylic acids is 1. The molecule has 0 aromatic heterocycles. The topological polar surface area (TPSA) is 80.2 Å². The third-order valence-corrected chi connectivity index (χ3v) is 2.41. The van der Waals surface area contributed by atoms with Gasteiger partial charge in [0.1, 0.15) is 0 Å². The second kappa shape index (κ2) is 4.21. The standard InChI is InChI=1S/C7H5ClN2O3S/c8-5-3-1-2-4-6(5)10(7(9)11)14(12)13/h1-4H,(H-,9,11)/p+1. The van der Waals surface area contributed by atoms with E-state index in [1.807, 2.05) is 0 Å². The van der Waals surface area contributed by atoms with Crippen LogP contribution < -0.4 is 5.73 Å². The Morgan fingerprint density at radius 3 is 2.36 bits per heavy atom. The SMILES string of the molecule is NC(=O)[N+](c1ccccc1Cl)=S(=O)=O. The van der Waals surface area contributed by atoms with E-state index in [0.29, 0.717) is 3.95 Å². The van der Waals surface area contributed by atoms with Crippen LogP contribution >= 0.6 is 11.6 Å². The monoisotopic (exact) mass is 233 g/mol. The second-order valence-electron chi connectivity index (χ2n) is 2.30. The summed E-state index contributed by atoms with van der Waals surface area (Å²) in [6, 6.07) is 4.89. The number of hydrogen-bond donors (Lipinski definition) is 1. The normalized spacial score (nSPS) is 9.50. The first-order valence-corrected chi connectivity index (χ1v) is 4.88. The molecular weight excluding hydrogens is 228 g/mol. The summed E-state index contributed by atoms with van der Waals surface area (Å²) in [5, 5.41) is 0.135. The molecule has 0 spiro atoms. The summed E-state index contributed by atoms with van der Waals surface area (Å²) in [4.78, 5) is 10.8. The van der Waals surface area contributed by atoms with Gasteiger partial charge in [-0.2, -0.15) is 4.79 Å². The van der Waals surface area contributed by atoms with Crippen molar-refractivity contribution in [1.29, 1.82) is 0 Å². The maximum atomic E-state index is 10.8. The zero-order valence-electron chi connectivity index (χ0n) is 6.84. The quantitative estimate of drug-likeness (QED) is 0.739. The number of nitrogens with zero attached hydrogens (tertiary/aromatic N) is 1. The summed E-state index contributed by atoms with van der Waals surface area (Å²) in [5.41, 5.74) is 4.91. The van der Waals surface area contributed by atoms with Crippen LogP contribution in [0, 0.1) is 0 Å². The molecule has 0 saturated carbocycles. The van der Waals surface area contributed by atoms with Crippen LogP contribution in [0.2, 0.25) is 5.02 Å². The number of para-hydroxylation sites is 1. The first-order chi connectivity index (χ1) is 6.54. The number of amides is 2. The van der Waals surface area contributed by atoms with E-state index in [1.54, 1.807) is 12.1 Å². The third-order valence-electron chi connectivity index (χ3n) is 1.42. The molecule has 0 saturated heterocycles. The molecule has 0 fully saturated rings. The lowest BCUT2D eigenvalue weighted by molar-refractivity contribution is -0.302. The van der Waals surface area contributed by atoms with Crippen LogP contribution in [-0.4, -0.2) is 18.4 Å². The van der Waals surface area contributed by atoms with Crippen molar-refractivity contribution < 1.29 is 17.2 Å². The fraction of sp³-hybridized carbons (Fsp3) is 0. The molecule has 14 heavy (non-hydrogen) atoms. The van der Waals surface area contributed by atoms with Crippen molar-refractivity contribution >= 4 is 33.8 Å². The molecule has 5 nitrogen and oxygen atoms in total. The van der Waals surface area contributed by atoms with Crippen molar-refractivity contribution in [3.63, 3.8) is 0 Å². The molecule has 7 heteroatoms. The highest BCUT2D eigenvalue weighted by Crippen LogP contribution is 2.23. The maximum Gasteiger partial charge on any atom is 0.509 e. The van der Waals surface area contributed by atoms with Gasteiger partial charge in [0.25, 0.3) is 0 Å². The smallest absolute Gasteiger partial charge is 0.249 e. The lowest BCUT2D eigenvalue weighted by atomic mass is 10.3. The first kappa shape index (κ1) is 10.7. The van der Waals surface area contributed by atoms with Crippen molar-refractivity contribution in [2.45, 2.75) is 0 Å². The predicted octanol–water partition coefficient (Wildman–Crippen LogP) is 1.13. The number of halogens is 1. The minimum Gasteiger partial charge on any atom is -0.249 e. The predicted molar refractivity (Wildman–Crippen MR) is 49.9 cm³/mol. The Balaban J connectivity index is 3.51. The molecular formula is C7H6ClN2O3S+. The van der Waals surface area contributed by atoms with Gasteiger partial charge in [-0.15, -0.1) is 8.42 Å². The number of benzene rings is 1. The molecule has 1 aromatic carbocycles. The highest BCUT2D eigenvalue weighted by Gasteiger charge is 2.19. The largest absolute Gasteiger partial charge is 0.509 e. The number of hydrogen-bond acceptors (Lipinski definition) is 3. The van der Waals surface area contributed by atoms with E-state index in [9.17, 15) is 13.2 Å². The van der Waals surface area contributed by atoms with Gasteiger partial charge in [-0.25, -0.2) is 5.73 Å². The van der Waals surface area contributed by atoms with E-state index in [4.69, 9.17) is 17.3 Å². The van der Waals surface area contributed by atoms with Crippen LogP contribution in [0.1, 0.15) is 0 Å².